The molecular weight excluding hydrogens is 412 g/mol. The van der Waals surface area contributed by atoms with Crippen LogP contribution in [0.4, 0.5) is 0 Å². The van der Waals surface area contributed by atoms with Crippen LogP contribution in [0.1, 0.15) is 60.8 Å². The van der Waals surface area contributed by atoms with Crippen molar-refractivity contribution in [2.75, 3.05) is 7.11 Å². The predicted octanol–water partition coefficient (Wildman–Crippen LogP) is 6.00. The van der Waals surface area contributed by atoms with Crippen LogP contribution in [-0.2, 0) is 0 Å². The van der Waals surface area contributed by atoms with Gasteiger partial charge in [-0.15, -0.1) is 0 Å². The molecule has 33 heavy (non-hydrogen) atoms. The van der Waals surface area contributed by atoms with Crippen molar-refractivity contribution in [2.24, 2.45) is 5.10 Å². The third kappa shape index (κ3) is 3.34. The Bertz CT molecular complexity index is 1200. The number of aromatic hydroxyl groups is 1. The molecule has 1 N–H and O–H groups in total. The molecule has 3 aliphatic rings. The van der Waals surface area contributed by atoms with Gasteiger partial charge in [-0.3, -0.25) is 0 Å². The molecule has 1 saturated carbocycles. The van der Waals surface area contributed by atoms with Crippen LogP contribution < -0.4 is 9.47 Å². The molecule has 0 bridgehead atoms. The molecule has 0 radical (unpaired) electrons. The summed E-state index contributed by atoms with van der Waals surface area (Å²) in [5, 5.41) is 17.4. The van der Waals surface area contributed by atoms with Gasteiger partial charge in [0, 0.05) is 30.4 Å². The van der Waals surface area contributed by atoms with E-state index in [1.807, 2.05) is 12.1 Å². The average molecular weight is 441 g/mol. The van der Waals surface area contributed by atoms with Gasteiger partial charge in [0.1, 0.15) is 5.75 Å². The Hall–Kier alpha value is -3.47. The van der Waals surface area contributed by atoms with Gasteiger partial charge < -0.3 is 14.6 Å². The number of para-hydroxylation sites is 1. The van der Waals surface area contributed by atoms with Crippen molar-refractivity contribution in [3.63, 3.8) is 0 Å². The molecule has 5 nitrogen and oxygen atoms in total. The Morgan fingerprint density at radius 2 is 1.76 bits per heavy atom. The minimum atomic E-state index is -0.424. The first-order chi connectivity index (χ1) is 16.2. The fourth-order valence-corrected chi connectivity index (χ4v) is 5.72. The van der Waals surface area contributed by atoms with Crippen LogP contribution in [0.2, 0.25) is 0 Å². The molecule has 0 aromatic heterocycles. The van der Waals surface area contributed by atoms with E-state index in [0.717, 1.165) is 49.1 Å². The van der Waals surface area contributed by atoms with Crippen LogP contribution in [0.3, 0.4) is 0 Å². The largest absolute Gasteiger partial charge is 0.504 e. The van der Waals surface area contributed by atoms with E-state index in [9.17, 15) is 5.11 Å². The summed E-state index contributed by atoms with van der Waals surface area (Å²) in [6, 6.07) is 24.8. The summed E-state index contributed by atoms with van der Waals surface area (Å²) in [5.74, 6) is 2.15. The Balaban J connectivity index is 1.35. The van der Waals surface area contributed by atoms with E-state index >= 15 is 0 Å². The normalized spacial score (nSPS) is 25.7. The molecule has 168 valence electrons. The average Bonchev–Trinajstić information content (AvgIpc) is 3.32. The van der Waals surface area contributed by atoms with E-state index in [1.165, 1.54) is 11.1 Å². The van der Waals surface area contributed by atoms with Crippen LogP contribution in [0, 0.1) is 0 Å². The van der Waals surface area contributed by atoms with Crippen LogP contribution in [0.25, 0.3) is 0 Å². The molecule has 0 amide bonds. The Labute approximate surface area is 194 Å². The van der Waals surface area contributed by atoms with Crippen molar-refractivity contribution in [3.8, 4) is 17.2 Å². The highest BCUT2D eigenvalue weighted by atomic mass is 16.5. The predicted molar refractivity (Wildman–Crippen MR) is 128 cm³/mol. The summed E-state index contributed by atoms with van der Waals surface area (Å²) in [6.07, 6.45) is 4.83. The molecule has 2 aliphatic heterocycles. The minimum Gasteiger partial charge on any atom is -0.504 e. The topological polar surface area (TPSA) is 54.3 Å². The smallest absolute Gasteiger partial charge is 0.198 e. The minimum absolute atomic E-state index is 0.141. The second-order valence-electron chi connectivity index (χ2n) is 9.27. The van der Waals surface area contributed by atoms with Crippen LogP contribution in [-0.4, -0.2) is 28.7 Å². The number of hydrogen-bond donors (Lipinski definition) is 1. The molecule has 6 rings (SSSR count). The lowest BCUT2D eigenvalue weighted by Gasteiger charge is -2.50. The van der Waals surface area contributed by atoms with E-state index in [1.54, 1.807) is 13.2 Å². The molecule has 0 saturated heterocycles. The number of methoxy groups -OCH3 is 1. The molecule has 5 heteroatoms. The third-order valence-electron chi connectivity index (χ3n) is 7.46. The highest BCUT2D eigenvalue weighted by Gasteiger charge is 2.52. The first-order valence-electron chi connectivity index (χ1n) is 11.7. The molecule has 3 aromatic carbocycles. The number of phenolic OH excluding ortho intramolecular Hbond substituents is 1. The van der Waals surface area contributed by atoms with Gasteiger partial charge in [0.05, 0.1) is 18.9 Å². The van der Waals surface area contributed by atoms with Crippen LogP contribution in [0.5, 0.6) is 17.2 Å². The molecule has 1 fully saturated rings. The maximum absolute atomic E-state index is 10.0. The summed E-state index contributed by atoms with van der Waals surface area (Å²) in [5.41, 5.74) is 4.17. The van der Waals surface area contributed by atoms with Crippen LogP contribution in [0.15, 0.2) is 77.9 Å². The van der Waals surface area contributed by atoms with Crippen molar-refractivity contribution < 1.29 is 14.6 Å². The molecule has 1 aliphatic carbocycles. The number of rotatable bonds is 3. The zero-order chi connectivity index (χ0) is 22.4. The molecule has 1 spiro atoms. The summed E-state index contributed by atoms with van der Waals surface area (Å²) in [6.45, 7) is 0. The van der Waals surface area contributed by atoms with Crippen molar-refractivity contribution in [3.05, 3.63) is 89.5 Å². The van der Waals surface area contributed by atoms with Gasteiger partial charge >= 0.3 is 0 Å². The van der Waals surface area contributed by atoms with Crippen molar-refractivity contribution in [1.29, 1.82) is 0 Å². The number of hydrazone groups is 1. The summed E-state index contributed by atoms with van der Waals surface area (Å²) >= 11 is 0. The first-order valence-corrected chi connectivity index (χ1v) is 11.7. The lowest BCUT2D eigenvalue weighted by molar-refractivity contribution is -0.142. The number of ether oxygens (including phenoxy) is 2. The van der Waals surface area contributed by atoms with E-state index in [2.05, 4.69) is 59.6 Å². The van der Waals surface area contributed by atoms with Gasteiger partial charge in [0.2, 0.25) is 0 Å². The standard InChI is InChI=1S/C28H28N2O3/c1-32-27-17-21(11-12-25(27)31)23-18-24-22-9-5-6-10-26(22)33-28(30(24)29-23)15-13-20(14-16-28)19-7-3-2-4-8-19/h2-12,17,20,24,31H,13-16,18H2,1H3. The Kier molecular flexibility index (Phi) is 4.79. The van der Waals surface area contributed by atoms with Gasteiger partial charge in [-0.1, -0.05) is 48.5 Å². The fourth-order valence-electron chi connectivity index (χ4n) is 5.72. The SMILES string of the molecule is COc1cc(C2=NN3C(C2)c2ccccc2OC32CCC(c3ccccc3)CC2)ccc1O. The fraction of sp³-hybridized carbons (Fsp3) is 0.321. The van der Waals surface area contributed by atoms with E-state index in [4.69, 9.17) is 14.6 Å². The van der Waals surface area contributed by atoms with Crippen molar-refractivity contribution >= 4 is 5.71 Å². The maximum Gasteiger partial charge on any atom is 0.198 e. The molecule has 1 unspecified atom stereocenters. The monoisotopic (exact) mass is 440 g/mol. The first kappa shape index (κ1) is 20.2. The number of benzene rings is 3. The van der Waals surface area contributed by atoms with Crippen molar-refractivity contribution in [1.82, 2.24) is 5.01 Å². The van der Waals surface area contributed by atoms with Gasteiger partial charge in [-0.05, 0) is 48.6 Å². The zero-order valence-corrected chi connectivity index (χ0v) is 18.8. The van der Waals surface area contributed by atoms with Crippen molar-refractivity contribution in [2.45, 2.75) is 49.8 Å². The lowest BCUT2D eigenvalue weighted by atomic mass is 9.78. The summed E-state index contributed by atoms with van der Waals surface area (Å²) in [4.78, 5) is 0. The lowest BCUT2D eigenvalue weighted by Crippen LogP contribution is -2.55. The Morgan fingerprint density at radius 3 is 2.55 bits per heavy atom. The van der Waals surface area contributed by atoms with Gasteiger partial charge in [-0.2, -0.15) is 5.10 Å². The number of hydrogen-bond acceptors (Lipinski definition) is 5. The van der Waals surface area contributed by atoms with E-state index < -0.39 is 5.72 Å². The summed E-state index contributed by atoms with van der Waals surface area (Å²) < 4.78 is 12.1. The number of phenols is 1. The maximum atomic E-state index is 10.0. The molecular formula is C28H28N2O3. The van der Waals surface area contributed by atoms with E-state index in [0.29, 0.717) is 11.7 Å². The second kappa shape index (κ2) is 7.84. The van der Waals surface area contributed by atoms with Crippen LogP contribution >= 0.6 is 0 Å². The Morgan fingerprint density at radius 1 is 1.00 bits per heavy atom. The van der Waals surface area contributed by atoms with Gasteiger partial charge in [0.25, 0.3) is 0 Å². The summed E-state index contributed by atoms with van der Waals surface area (Å²) in [7, 11) is 1.57. The number of fused-ring (bicyclic) bond motifs is 4. The van der Waals surface area contributed by atoms with Gasteiger partial charge in [0.15, 0.2) is 17.2 Å². The number of nitrogens with zero attached hydrogens (tertiary/aromatic N) is 2. The van der Waals surface area contributed by atoms with E-state index in [-0.39, 0.29) is 11.8 Å². The molecule has 2 heterocycles. The molecule has 1 atom stereocenters. The highest BCUT2D eigenvalue weighted by Crippen LogP contribution is 2.53. The second-order valence-corrected chi connectivity index (χ2v) is 9.27. The highest BCUT2D eigenvalue weighted by molar-refractivity contribution is 6.02. The quantitative estimate of drug-likeness (QED) is 0.543. The third-order valence-corrected chi connectivity index (χ3v) is 7.46. The zero-order valence-electron chi connectivity index (χ0n) is 18.8. The van der Waals surface area contributed by atoms with Gasteiger partial charge in [-0.25, -0.2) is 5.01 Å². The molecule has 3 aromatic rings.